The molecule has 0 amide bonds. The van der Waals surface area contributed by atoms with Gasteiger partial charge in [-0.05, 0) is 74.9 Å². The van der Waals surface area contributed by atoms with E-state index in [9.17, 15) is 18.0 Å². The van der Waals surface area contributed by atoms with Crippen molar-refractivity contribution in [2.45, 2.75) is 57.7 Å². The number of ketones is 1. The number of likely N-dealkylation sites (tertiary alicyclic amines) is 2. The number of Topliss-reactive ketones (excluding diaryl/α,β-unsaturated/α-hetero) is 1. The van der Waals surface area contributed by atoms with Gasteiger partial charge in [0.2, 0.25) is 0 Å². The Morgan fingerprint density at radius 2 is 1.74 bits per heavy atom. The van der Waals surface area contributed by atoms with E-state index in [1.54, 1.807) is 0 Å². The molecule has 0 aliphatic carbocycles. The van der Waals surface area contributed by atoms with Gasteiger partial charge in [-0.15, -0.1) is 0 Å². The highest BCUT2D eigenvalue weighted by Crippen LogP contribution is 2.29. The zero-order chi connectivity index (χ0) is 26.7. The Labute approximate surface area is 221 Å². The van der Waals surface area contributed by atoms with Crippen molar-refractivity contribution in [2.75, 3.05) is 32.7 Å². The van der Waals surface area contributed by atoms with Crippen molar-refractivity contribution >= 4 is 16.6 Å². The van der Waals surface area contributed by atoms with Crippen LogP contribution in [0.3, 0.4) is 0 Å². The van der Waals surface area contributed by atoms with Gasteiger partial charge in [0.1, 0.15) is 5.78 Å². The van der Waals surface area contributed by atoms with E-state index in [0.717, 1.165) is 47.2 Å². The van der Waals surface area contributed by atoms with Crippen molar-refractivity contribution in [1.29, 1.82) is 0 Å². The maximum atomic E-state index is 13.0. The minimum Gasteiger partial charge on any atom is -0.303 e. The second kappa shape index (κ2) is 11.5. The average Bonchev–Trinajstić information content (AvgIpc) is 3.27. The van der Waals surface area contributed by atoms with Crippen LogP contribution in [0.1, 0.15) is 49.9 Å². The van der Waals surface area contributed by atoms with E-state index in [-0.39, 0.29) is 24.7 Å². The Hall–Kier alpha value is -2.78. The van der Waals surface area contributed by atoms with Crippen LogP contribution in [-0.4, -0.2) is 69.2 Å². The van der Waals surface area contributed by atoms with E-state index in [1.807, 2.05) is 35.1 Å². The van der Waals surface area contributed by atoms with Crippen LogP contribution in [0.5, 0.6) is 0 Å². The fourth-order valence-electron chi connectivity index (χ4n) is 5.76. The molecule has 6 nitrogen and oxygen atoms in total. The van der Waals surface area contributed by atoms with Gasteiger partial charge in [0, 0.05) is 55.3 Å². The van der Waals surface area contributed by atoms with Crippen LogP contribution in [0.15, 0.2) is 36.7 Å². The lowest BCUT2D eigenvalue weighted by Crippen LogP contribution is -2.38. The lowest BCUT2D eigenvalue weighted by atomic mass is 9.90. The van der Waals surface area contributed by atoms with Crippen LogP contribution < -0.4 is 0 Å². The second-order valence-electron chi connectivity index (χ2n) is 10.8. The molecular formula is C29H36F3N5O. The third-order valence-corrected chi connectivity index (χ3v) is 8.08. The first-order chi connectivity index (χ1) is 18.2. The highest BCUT2D eigenvalue weighted by molar-refractivity contribution is 5.89. The first kappa shape index (κ1) is 26.8. The van der Waals surface area contributed by atoms with Crippen molar-refractivity contribution in [3.8, 4) is 11.1 Å². The monoisotopic (exact) mass is 527 g/mol. The van der Waals surface area contributed by atoms with Gasteiger partial charge in [-0.3, -0.25) is 19.4 Å². The molecule has 2 fully saturated rings. The molecule has 0 unspecified atom stereocenters. The summed E-state index contributed by atoms with van der Waals surface area (Å²) in [6.45, 7) is 4.21. The van der Waals surface area contributed by atoms with E-state index in [2.05, 4.69) is 33.2 Å². The molecule has 0 saturated carbocycles. The van der Waals surface area contributed by atoms with Crippen molar-refractivity contribution < 1.29 is 18.0 Å². The summed E-state index contributed by atoms with van der Waals surface area (Å²) in [7, 11) is 2.00. The molecule has 1 aromatic carbocycles. The lowest BCUT2D eigenvalue weighted by molar-refractivity contribution is -0.139. The van der Waals surface area contributed by atoms with Crippen LogP contribution in [0.4, 0.5) is 13.2 Å². The summed E-state index contributed by atoms with van der Waals surface area (Å²) in [5.41, 5.74) is 4.18. The molecule has 0 radical (unpaired) electrons. The summed E-state index contributed by atoms with van der Waals surface area (Å²) >= 11 is 0. The van der Waals surface area contributed by atoms with Crippen LogP contribution in [0.2, 0.25) is 0 Å². The Kier molecular flexibility index (Phi) is 8.14. The number of hydrogen-bond donors (Lipinski definition) is 0. The van der Waals surface area contributed by atoms with E-state index in [4.69, 9.17) is 0 Å². The van der Waals surface area contributed by atoms with Crippen molar-refractivity contribution in [3.05, 3.63) is 48.0 Å². The summed E-state index contributed by atoms with van der Waals surface area (Å²) in [6.07, 6.45) is 4.08. The highest BCUT2D eigenvalue weighted by atomic mass is 19.4. The molecule has 0 spiro atoms. The van der Waals surface area contributed by atoms with Gasteiger partial charge < -0.3 is 4.90 Å². The first-order valence-corrected chi connectivity index (χ1v) is 13.7. The standard InChI is InChI=1S/C29H36F3N5O/c1-35-27(20-37-10-3-2-4-11-37)26(19-34-35)22-5-6-23-18-33-25(16-24(23)15-22)17-28(38)21-7-12-36(13-8-21)14-9-29(30,31)32/h5-6,15-16,18-19,21H,2-4,7-14,17,20H2,1H3. The van der Waals surface area contributed by atoms with Gasteiger partial charge >= 0.3 is 6.18 Å². The van der Waals surface area contributed by atoms with Crippen molar-refractivity contribution in [1.82, 2.24) is 24.6 Å². The predicted octanol–water partition coefficient (Wildman–Crippen LogP) is 5.40. The molecule has 9 heteroatoms. The number of hydrogen-bond acceptors (Lipinski definition) is 5. The molecule has 2 aromatic heterocycles. The molecule has 0 bridgehead atoms. The maximum Gasteiger partial charge on any atom is 0.390 e. The topological polar surface area (TPSA) is 54.3 Å². The number of piperidine rings is 2. The van der Waals surface area contributed by atoms with Crippen molar-refractivity contribution in [2.24, 2.45) is 13.0 Å². The second-order valence-corrected chi connectivity index (χ2v) is 10.8. The summed E-state index contributed by atoms with van der Waals surface area (Å²) in [6, 6.07) is 8.33. The Bertz CT molecular complexity index is 1260. The van der Waals surface area contributed by atoms with Crippen LogP contribution in [0.25, 0.3) is 21.9 Å². The predicted molar refractivity (Wildman–Crippen MR) is 142 cm³/mol. The number of aryl methyl sites for hydroxylation is 1. The number of benzene rings is 1. The van der Waals surface area contributed by atoms with Crippen LogP contribution in [0, 0.1) is 5.92 Å². The summed E-state index contributed by atoms with van der Waals surface area (Å²) < 4.78 is 39.5. The largest absolute Gasteiger partial charge is 0.390 e. The third-order valence-electron chi connectivity index (χ3n) is 8.08. The number of carbonyl (C=O) groups is 1. The van der Waals surface area contributed by atoms with E-state index < -0.39 is 12.6 Å². The van der Waals surface area contributed by atoms with Gasteiger partial charge in [-0.2, -0.15) is 18.3 Å². The van der Waals surface area contributed by atoms with E-state index in [0.29, 0.717) is 25.9 Å². The summed E-state index contributed by atoms with van der Waals surface area (Å²) in [5.74, 6) is 0.00765. The smallest absolute Gasteiger partial charge is 0.303 e. The Morgan fingerprint density at radius 3 is 2.47 bits per heavy atom. The molecule has 2 saturated heterocycles. The summed E-state index contributed by atoms with van der Waals surface area (Å²) in [5, 5.41) is 6.60. The Balaban J connectivity index is 1.25. The number of pyridine rings is 1. The van der Waals surface area contributed by atoms with Gasteiger partial charge in [-0.1, -0.05) is 18.6 Å². The van der Waals surface area contributed by atoms with Gasteiger partial charge in [0.05, 0.1) is 18.3 Å². The lowest BCUT2D eigenvalue weighted by Gasteiger charge is -2.31. The number of rotatable bonds is 8. The first-order valence-electron chi connectivity index (χ1n) is 13.7. The third kappa shape index (κ3) is 6.61. The molecule has 38 heavy (non-hydrogen) atoms. The molecule has 4 heterocycles. The highest BCUT2D eigenvalue weighted by Gasteiger charge is 2.30. The number of fused-ring (bicyclic) bond motifs is 1. The minimum absolute atomic E-state index is 0.00958. The zero-order valence-electron chi connectivity index (χ0n) is 22.0. The van der Waals surface area contributed by atoms with Gasteiger partial charge in [0.25, 0.3) is 0 Å². The minimum atomic E-state index is -4.14. The number of aromatic nitrogens is 3. The summed E-state index contributed by atoms with van der Waals surface area (Å²) in [4.78, 5) is 21.8. The fraction of sp³-hybridized carbons (Fsp3) is 0.552. The molecule has 3 aromatic rings. The van der Waals surface area contributed by atoms with Crippen LogP contribution >= 0.6 is 0 Å². The molecule has 204 valence electrons. The number of carbonyl (C=O) groups excluding carboxylic acids is 1. The van der Waals surface area contributed by atoms with Crippen molar-refractivity contribution in [3.63, 3.8) is 0 Å². The van der Waals surface area contributed by atoms with Crippen LogP contribution in [-0.2, 0) is 24.8 Å². The molecule has 0 atom stereocenters. The van der Waals surface area contributed by atoms with E-state index in [1.165, 1.54) is 25.0 Å². The molecule has 0 N–H and O–H groups in total. The molecule has 2 aliphatic rings. The quantitative estimate of drug-likeness (QED) is 0.393. The normalized spacial score (nSPS) is 18.3. The number of halogens is 3. The Morgan fingerprint density at radius 1 is 0.974 bits per heavy atom. The van der Waals surface area contributed by atoms with Gasteiger partial charge in [0.15, 0.2) is 0 Å². The van der Waals surface area contributed by atoms with Gasteiger partial charge in [-0.25, -0.2) is 0 Å². The maximum absolute atomic E-state index is 13.0. The number of nitrogens with zero attached hydrogens (tertiary/aromatic N) is 5. The fourth-order valence-corrected chi connectivity index (χ4v) is 5.76. The molecule has 5 rings (SSSR count). The number of alkyl halides is 3. The molecule has 2 aliphatic heterocycles. The SMILES string of the molecule is Cn1ncc(-c2ccc3cnc(CC(=O)C4CCN(CCC(F)(F)F)CC4)cc3c2)c1CN1CCCCC1. The average molecular weight is 528 g/mol. The molecular weight excluding hydrogens is 491 g/mol. The zero-order valence-corrected chi connectivity index (χ0v) is 22.0. The van der Waals surface area contributed by atoms with E-state index >= 15 is 0 Å².